The van der Waals surface area contributed by atoms with Gasteiger partial charge in [0.2, 0.25) is 5.91 Å². The van der Waals surface area contributed by atoms with E-state index in [1.807, 2.05) is 31.2 Å². The minimum absolute atomic E-state index is 0.0592. The van der Waals surface area contributed by atoms with Crippen LogP contribution in [0, 0.1) is 6.92 Å². The highest BCUT2D eigenvalue weighted by Gasteiger charge is 2.16. The maximum absolute atomic E-state index is 12.3. The molecule has 1 amide bonds. The molecule has 0 aromatic heterocycles. The molecule has 0 radical (unpaired) electrons. The molecule has 0 aliphatic heterocycles. The Morgan fingerprint density at radius 3 is 2.61 bits per heavy atom. The molecule has 0 saturated heterocycles. The number of rotatable bonds is 7. The predicted octanol–water partition coefficient (Wildman–Crippen LogP) is 4.67. The van der Waals surface area contributed by atoms with Gasteiger partial charge in [-0.25, -0.2) is 4.79 Å². The lowest BCUT2D eigenvalue weighted by Gasteiger charge is -2.14. The molecule has 0 heterocycles. The molecular formula is C23H27NO4. The van der Waals surface area contributed by atoms with Crippen LogP contribution >= 0.6 is 0 Å². The van der Waals surface area contributed by atoms with E-state index in [0.717, 1.165) is 29.7 Å². The van der Waals surface area contributed by atoms with Gasteiger partial charge < -0.3 is 14.8 Å². The first-order valence-corrected chi connectivity index (χ1v) is 9.79. The molecule has 0 atom stereocenters. The quantitative estimate of drug-likeness (QED) is 0.708. The SMILES string of the molecule is COC(=O)c1ccc(NC(=O)CCc2cccc(OC3CCCC3)c2)c(C)c1. The fraction of sp³-hybridized carbons (Fsp3) is 0.391. The first-order valence-electron chi connectivity index (χ1n) is 9.79. The topological polar surface area (TPSA) is 64.6 Å². The molecule has 148 valence electrons. The van der Waals surface area contributed by atoms with Crippen molar-refractivity contribution in [2.75, 3.05) is 12.4 Å². The van der Waals surface area contributed by atoms with Gasteiger partial charge in [0, 0.05) is 12.1 Å². The maximum atomic E-state index is 12.3. The van der Waals surface area contributed by atoms with E-state index in [1.54, 1.807) is 18.2 Å². The number of amides is 1. The number of aryl methyl sites for hydroxylation is 2. The highest BCUT2D eigenvalue weighted by atomic mass is 16.5. The van der Waals surface area contributed by atoms with Crippen molar-refractivity contribution in [1.29, 1.82) is 0 Å². The Kier molecular flexibility index (Phi) is 6.69. The van der Waals surface area contributed by atoms with Crippen molar-refractivity contribution in [3.63, 3.8) is 0 Å². The van der Waals surface area contributed by atoms with Crippen LogP contribution in [0.25, 0.3) is 0 Å². The van der Waals surface area contributed by atoms with Crippen LogP contribution in [0.3, 0.4) is 0 Å². The smallest absolute Gasteiger partial charge is 0.337 e. The van der Waals surface area contributed by atoms with Crippen molar-refractivity contribution in [3.8, 4) is 5.75 Å². The number of methoxy groups -OCH3 is 1. The van der Waals surface area contributed by atoms with Gasteiger partial charge in [-0.2, -0.15) is 0 Å². The molecular weight excluding hydrogens is 354 g/mol. The summed E-state index contributed by atoms with van der Waals surface area (Å²) in [4.78, 5) is 23.9. The van der Waals surface area contributed by atoms with E-state index in [4.69, 9.17) is 9.47 Å². The predicted molar refractivity (Wildman–Crippen MR) is 109 cm³/mol. The standard InChI is InChI=1S/C23H27NO4/c1-16-14-18(23(26)27-2)11-12-21(16)24-22(25)13-10-17-6-5-9-20(15-17)28-19-7-3-4-8-19/h5-6,9,11-12,14-15,19H,3-4,7-8,10,13H2,1-2H3,(H,24,25). The molecule has 5 nitrogen and oxygen atoms in total. The van der Waals surface area contributed by atoms with Gasteiger partial charge in [-0.05, 0) is 80.5 Å². The molecule has 0 bridgehead atoms. The van der Waals surface area contributed by atoms with Crippen LogP contribution < -0.4 is 10.1 Å². The fourth-order valence-corrected chi connectivity index (χ4v) is 3.49. The average Bonchev–Trinajstić information content (AvgIpc) is 3.20. The lowest BCUT2D eigenvalue weighted by atomic mass is 10.1. The summed E-state index contributed by atoms with van der Waals surface area (Å²) in [5.41, 5.74) is 3.08. The molecule has 3 rings (SSSR count). The third-order valence-electron chi connectivity index (χ3n) is 5.07. The van der Waals surface area contributed by atoms with Crippen LogP contribution in [0.5, 0.6) is 5.75 Å². The molecule has 1 N–H and O–H groups in total. The van der Waals surface area contributed by atoms with E-state index in [9.17, 15) is 9.59 Å². The number of nitrogens with one attached hydrogen (secondary N) is 1. The summed E-state index contributed by atoms with van der Waals surface area (Å²) in [5.74, 6) is 0.441. The van der Waals surface area contributed by atoms with E-state index in [-0.39, 0.29) is 11.9 Å². The summed E-state index contributed by atoms with van der Waals surface area (Å²) in [6, 6.07) is 13.1. The molecule has 1 fully saturated rings. The second-order valence-corrected chi connectivity index (χ2v) is 7.24. The van der Waals surface area contributed by atoms with Crippen LogP contribution in [0.15, 0.2) is 42.5 Å². The summed E-state index contributed by atoms with van der Waals surface area (Å²) in [7, 11) is 1.35. The molecule has 0 spiro atoms. The monoisotopic (exact) mass is 381 g/mol. The Morgan fingerprint density at radius 2 is 1.89 bits per heavy atom. The average molecular weight is 381 g/mol. The Bertz CT molecular complexity index is 840. The van der Waals surface area contributed by atoms with Crippen molar-refractivity contribution in [2.24, 2.45) is 0 Å². The zero-order valence-electron chi connectivity index (χ0n) is 16.5. The minimum Gasteiger partial charge on any atom is -0.490 e. The van der Waals surface area contributed by atoms with Gasteiger partial charge >= 0.3 is 5.97 Å². The van der Waals surface area contributed by atoms with Crippen LogP contribution in [0.4, 0.5) is 5.69 Å². The van der Waals surface area contributed by atoms with Crippen molar-refractivity contribution in [2.45, 2.75) is 51.6 Å². The molecule has 1 saturated carbocycles. The first kappa shape index (κ1) is 19.9. The normalized spacial score (nSPS) is 13.9. The molecule has 5 heteroatoms. The van der Waals surface area contributed by atoms with Crippen molar-refractivity contribution in [3.05, 3.63) is 59.2 Å². The number of ether oxygens (including phenoxy) is 2. The molecule has 28 heavy (non-hydrogen) atoms. The van der Waals surface area contributed by atoms with Gasteiger partial charge in [0.05, 0.1) is 18.8 Å². The second-order valence-electron chi connectivity index (χ2n) is 7.24. The van der Waals surface area contributed by atoms with Crippen LogP contribution in [-0.4, -0.2) is 25.1 Å². The Morgan fingerprint density at radius 1 is 1.11 bits per heavy atom. The van der Waals surface area contributed by atoms with E-state index in [0.29, 0.717) is 30.2 Å². The summed E-state index contributed by atoms with van der Waals surface area (Å²) >= 11 is 0. The minimum atomic E-state index is -0.388. The number of hydrogen-bond acceptors (Lipinski definition) is 4. The first-order chi connectivity index (χ1) is 13.5. The molecule has 2 aromatic rings. The maximum Gasteiger partial charge on any atom is 0.337 e. The lowest BCUT2D eigenvalue weighted by molar-refractivity contribution is -0.116. The fourth-order valence-electron chi connectivity index (χ4n) is 3.49. The Labute approximate surface area is 166 Å². The molecule has 2 aromatic carbocycles. The lowest BCUT2D eigenvalue weighted by Crippen LogP contribution is -2.14. The highest BCUT2D eigenvalue weighted by Crippen LogP contribution is 2.25. The van der Waals surface area contributed by atoms with Crippen LogP contribution in [0.1, 0.15) is 53.6 Å². The van der Waals surface area contributed by atoms with Crippen LogP contribution in [-0.2, 0) is 16.0 Å². The Hall–Kier alpha value is -2.82. The number of carbonyl (C=O) groups excluding carboxylic acids is 2. The van der Waals surface area contributed by atoms with Gasteiger partial charge in [-0.1, -0.05) is 12.1 Å². The van der Waals surface area contributed by atoms with Gasteiger partial charge in [0.25, 0.3) is 0 Å². The third-order valence-corrected chi connectivity index (χ3v) is 5.07. The highest BCUT2D eigenvalue weighted by molar-refractivity contribution is 5.94. The van der Waals surface area contributed by atoms with E-state index >= 15 is 0 Å². The molecule has 1 aliphatic rings. The van der Waals surface area contributed by atoms with Gasteiger partial charge in [0.1, 0.15) is 5.75 Å². The van der Waals surface area contributed by atoms with Gasteiger partial charge in [0.15, 0.2) is 0 Å². The number of carbonyl (C=O) groups is 2. The third kappa shape index (κ3) is 5.35. The second kappa shape index (κ2) is 9.40. The van der Waals surface area contributed by atoms with Gasteiger partial charge in [-0.3, -0.25) is 4.79 Å². The number of esters is 1. The molecule has 0 unspecified atom stereocenters. The zero-order chi connectivity index (χ0) is 19.9. The van der Waals surface area contributed by atoms with E-state index in [2.05, 4.69) is 5.32 Å². The summed E-state index contributed by atoms with van der Waals surface area (Å²) in [5, 5.41) is 2.92. The summed E-state index contributed by atoms with van der Waals surface area (Å²) in [6.07, 6.45) is 6.09. The zero-order valence-corrected chi connectivity index (χ0v) is 16.5. The molecule has 1 aliphatic carbocycles. The summed E-state index contributed by atoms with van der Waals surface area (Å²) in [6.45, 7) is 1.85. The van der Waals surface area contributed by atoms with E-state index < -0.39 is 0 Å². The number of benzene rings is 2. The van der Waals surface area contributed by atoms with E-state index in [1.165, 1.54) is 20.0 Å². The number of anilines is 1. The van der Waals surface area contributed by atoms with Crippen molar-refractivity contribution >= 4 is 17.6 Å². The summed E-state index contributed by atoms with van der Waals surface area (Å²) < 4.78 is 10.8. The van der Waals surface area contributed by atoms with Crippen LogP contribution in [0.2, 0.25) is 0 Å². The van der Waals surface area contributed by atoms with Crippen molar-refractivity contribution < 1.29 is 19.1 Å². The largest absolute Gasteiger partial charge is 0.490 e. The Balaban J connectivity index is 1.53. The number of hydrogen-bond donors (Lipinski definition) is 1. The van der Waals surface area contributed by atoms with Crippen molar-refractivity contribution in [1.82, 2.24) is 0 Å². The van der Waals surface area contributed by atoms with Gasteiger partial charge in [-0.15, -0.1) is 0 Å².